The smallest absolute Gasteiger partial charge is 0.116 e. The molecule has 0 unspecified atom stereocenters. The molecule has 0 fully saturated rings. The van der Waals surface area contributed by atoms with E-state index in [0.29, 0.717) is 0 Å². The lowest BCUT2D eigenvalue weighted by molar-refractivity contribution is 0.590. The molecule has 0 bridgehead atoms. The number of fused-ring (bicyclic) bond motifs is 5. The Bertz CT molecular complexity index is 1290. The van der Waals surface area contributed by atoms with Crippen LogP contribution in [-0.4, -0.2) is 9.97 Å². The zero-order valence-corrected chi connectivity index (χ0v) is 16.5. The van der Waals surface area contributed by atoms with Gasteiger partial charge in [-0.3, -0.25) is 0 Å². The topological polar surface area (TPSA) is 25.8 Å². The minimum atomic E-state index is 0.149. The van der Waals surface area contributed by atoms with Crippen molar-refractivity contribution in [2.24, 2.45) is 0 Å². The van der Waals surface area contributed by atoms with Crippen LogP contribution in [0.2, 0.25) is 0 Å². The lowest BCUT2D eigenvalue weighted by atomic mass is 9.86. The van der Waals surface area contributed by atoms with Crippen molar-refractivity contribution in [2.75, 3.05) is 0 Å². The van der Waals surface area contributed by atoms with Crippen molar-refractivity contribution in [1.82, 2.24) is 9.97 Å². The van der Waals surface area contributed by atoms with E-state index in [1.54, 1.807) is 17.7 Å². The highest BCUT2D eigenvalue weighted by Crippen LogP contribution is 2.40. The summed E-state index contributed by atoms with van der Waals surface area (Å²) in [4.78, 5) is 9.31. The molecule has 0 N–H and O–H groups in total. The Hall–Kier alpha value is -2.78. The lowest BCUT2D eigenvalue weighted by Gasteiger charge is -2.19. The first-order valence-electron chi connectivity index (χ1n) is 9.18. The van der Waals surface area contributed by atoms with Crippen LogP contribution < -0.4 is 0 Å². The summed E-state index contributed by atoms with van der Waals surface area (Å²) in [6, 6.07) is 21.7. The molecule has 2 heterocycles. The van der Waals surface area contributed by atoms with Gasteiger partial charge in [0.1, 0.15) is 6.33 Å². The first kappa shape index (κ1) is 16.4. The van der Waals surface area contributed by atoms with Crippen LogP contribution in [0, 0.1) is 0 Å². The van der Waals surface area contributed by atoms with Gasteiger partial charge in [-0.2, -0.15) is 0 Å². The highest BCUT2D eigenvalue weighted by molar-refractivity contribution is 7.26. The van der Waals surface area contributed by atoms with E-state index in [9.17, 15) is 0 Å². The Morgan fingerprint density at radius 2 is 1.59 bits per heavy atom. The Kier molecular flexibility index (Phi) is 3.56. The van der Waals surface area contributed by atoms with Crippen molar-refractivity contribution in [2.45, 2.75) is 26.2 Å². The van der Waals surface area contributed by atoms with Gasteiger partial charge >= 0.3 is 0 Å². The molecular weight excluding hydrogens is 348 g/mol. The van der Waals surface area contributed by atoms with E-state index in [1.165, 1.54) is 26.4 Å². The maximum atomic E-state index is 4.66. The second kappa shape index (κ2) is 5.86. The fraction of sp³-hybridized carbons (Fsp3) is 0.167. The largest absolute Gasteiger partial charge is 0.235 e. The molecule has 0 amide bonds. The molecule has 0 saturated heterocycles. The van der Waals surface area contributed by atoms with Crippen molar-refractivity contribution in [3.63, 3.8) is 0 Å². The Morgan fingerprint density at radius 1 is 0.815 bits per heavy atom. The molecule has 0 aliphatic rings. The third-order valence-corrected chi connectivity index (χ3v) is 6.32. The normalized spacial score (nSPS) is 12.3. The Balaban J connectivity index is 1.78. The van der Waals surface area contributed by atoms with Crippen LogP contribution in [0.15, 0.2) is 67.0 Å². The van der Waals surface area contributed by atoms with E-state index in [4.69, 9.17) is 0 Å². The Labute approximate surface area is 162 Å². The van der Waals surface area contributed by atoms with E-state index < -0.39 is 0 Å². The minimum Gasteiger partial charge on any atom is -0.235 e. The zero-order chi connectivity index (χ0) is 18.6. The van der Waals surface area contributed by atoms with Gasteiger partial charge in [0.05, 0.1) is 15.9 Å². The van der Waals surface area contributed by atoms with Gasteiger partial charge in [-0.05, 0) is 27.8 Å². The number of nitrogens with zero attached hydrogens (tertiary/aromatic N) is 2. The van der Waals surface area contributed by atoms with Crippen LogP contribution in [0.25, 0.3) is 42.3 Å². The molecular formula is C24H20N2S. The third kappa shape index (κ3) is 2.62. The molecule has 0 radical (unpaired) electrons. The zero-order valence-electron chi connectivity index (χ0n) is 15.7. The van der Waals surface area contributed by atoms with E-state index in [-0.39, 0.29) is 5.41 Å². The molecule has 5 rings (SSSR count). The summed E-state index contributed by atoms with van der Waals surface area (Å²) in [5, 5.41) is 3.75. The predicted octanol–water partition coefficient (Wildman–Crippen LogP) is 6.96. The van der Waals surface area contributed by atoms with Gasteiger partial charge in [-0.1, -0.05) is 75.4 Å². The van der Waals surface area contributed by atoms with Crippen molar-refractivity contribution in [1.29, 1.82) is 0 Å². The van der Waals surface area contributed by atoms with Gasteiger partial charge in [0, 0.05) is 15.6 Å². The summed E-state index contributed by atoms with van der Waals surface area (Å²) in [6.45, 7) is 6.71. The SMILES string of the molecule is CC(C)(C)c1ccc(-c2ncnc3c2sc2ccc4ccccc4c23)cc1. The van der Waals surface area contributed by atoms with Crippen LogP contribution in [0.4, 0.5) is 0 Å². The van der Waals surface area contributed by atoms with E-state index in [2.05, 4.69) is 91.4 Å². The first-order chi connectivity index (χ1) is 13.0. The molecule has 0 spiro atoms. The van der Waals surface area contributed by atoms with Gasteiger partial charge in [0.15, 0.2) is 0 Å². The second-order valence-electron chi connectivity index (χ2n) is 7.99. The van der Waals surface area contributed by atoms with E-state index in [1.807, 2.05) is 0 Å². The average molecular weight is 369 g/mol. The number of benzene rings is 3. The molecule has 27 heavy (non-hydrogen) atoms. The molecule has 5 aromatic rings. The van der Waals surface area contributed by atoms with Crippen molar-refractivity contribution in [3.05, 3.63) is 72.6 Å². The number of aromatic nitrogens is 2. The highest BCUT2D eigenvalue weighted by atomic mass is 32.1. The van der Waals surface area contributed by atoms with Crippen LogP contribution in [0.5, 0.6) is 0 Å². The maximum Gasteiger partial charge on any atom is 0.116 e. The lowest BCUT2D eigenvalue weighted by Crippen LogP contribution is -2.10. The van der Waals surface area contributed by atoms with Crippen LogP contribution >= 0.6 is 11.3 Å². The summed E-state index contributed by atoms with van der Waals surface area (Å²) in [5.74, 6) is 0. The average Bonchev–Trinajstić information content (AvgIpc) is 3.06. The summed E-state index contributed by atoms with van der Waals surface area (Å²) in [5.41, 5.74) is 4.70. The molecule has 3 aromatic carbocycles. The van der Waals surface area contributed by atoms with Crippen molar-refractivity contribution in [3.8, 4) is 11.3 Å². The van der Waals surface area contributed by atoms with Crippen molar-refractivity contribution < 1.29 is 0 Å². The quantitative estimate of drug-likeness (QED) is 0.319. The fourth-order valence-electron chi connectivity index (χ4n) is 3.67. The highest BCUT2D eigenvalue weighted by Gasteiger charge is 2.16. The third-order valence-electron chi connectivity index (χ3n) is 5.17. The molecule has 2 nitrogen and oxygen atoms in total. The molecule has 0 saturated carbocycles. The van der Waals surface area contributed by atoms with Crippen LogP contribution in [0.1, 0.15) is 26.3 Å². The minimum absolute atomic E-state index is 0.149. The monoisotopic (exact) mass is 368 g/mol. The summed E-state index contributed by atoms with van der Waals surface area (Å²) in [6.07, 6.45) is 1.70. The molecule has 3 heteroatoms. The molecule has 132 valence electrons. The summed E-state index contributed by atoms with van der Waals surface area (Å²) >= 11 is 1.78. The van der Waals surface area contributed by atoms with E-state index >= 15 is 0 Å². The standard InChI is InChI=1S/C24H20N2S/c1-24(2,3)17-11-8-16(9-12-17)21-23-22(26-14-25-21)20-18-7-5-4-6-15(18)10-13-19(20)27-23/h4-14H,1-3H3. The molecule has 0 atom stereocenters. The van der Waals surface area contributed by atoms with Crippen molar-refractivity contribution >= 4 is 42.4 Å². The number of thiophene rings is 1. The molecule has 0 aliphatic carbocycles. The van der Waals surface area contributed by atoms with Gasteiger partial charge < -0.3 is 0 Å². The number of hydrogen-bond donors (Lipinski definition) is 0. The summed E-state index contributed by atoms with van der Waals surface area (Å²) < 4.78 is 2.42. The van der Waals surface area contributed by atoms with Crippen LogP contribution in [0.3, 0.4) is 0 Å². The maximum absolute atomic E-state index is 4.66. The molecule has 0 aliphatic heterocycles. The van der Waals surface area contributed by atoms with E-state index in [0.717, 1.165) is 21.5 Å². The summed E-state index contributed by atoms with van der Waals surface area (Å²) in [7, 11) is 0. The number of hydrogen-bond acceptors (Lipinski definition) is 3. The van der Waals surface area contributed by atoms with Gasteiger partial charge in [0.25, 0.3) is 0 Å². The van der Waals surface area contributed by atoms with Gasteiger partial charge in [0.2, 0.25) is 0 Å². The van der Waals surface area contributed by atoms with Gasteiger partial charge in [-0.15, -0.1) is 11.3 Å². The first-order valence-corrected chi connectivity index (χ1v) is 10.00. The van der Waals surface area contributed by atoms with Crippen LogP contribution in [-0.2, 0) is 5.41 Å². The fourth-order valence-corrected chi connectivity index (χ4v) is 4.86. The Morgan fingerprint density at radius 3 is 2.37 bits per heavy atom. The molecule has 2 aromatic heterocycles. The predicted molar refractivity (Wildman–Crippen MR) is 117 cm³/mol. The second-order valence-corrected chi connectivity index (χ2v) is 9.04. The number of rotatable bonds is 1. The van der Waals surface area contributed by atoms with Gasteiger partial charge in [-0.25, -0.2) is 9.97 Å².